The van der Waals surface area contributed by atoms with E-state index in [9.17, 15) is 0 Å². The van der Waals surface area contributed by atoms with Crippen molar-refractivity contribution in [3.8, 4) is 0 Å². The molecule has 2 heteroatoms. The molecule has 0 bridgehead atoms. The van der Waals surface area contributed by atoms with Crippen LogP contribution in [-0.2, 0) is 19.3 Å². The first kappa shape index (κ1) is 19.9. The van der Waals surface area contributed by atoms with E-state index in [1.54, 1.807) is 11.1 Å². The second-order valence-corrected chi connectivity index (χ2v) is 7.66. The molecule has 0 amide bonds. The van der Waals surface area contributed by atoms with E-state index in [0.29, 0.717) is 0 Å². The van der Waals surface area contributed by atoms with Gasteiger partial charge in [0, 0.05) is 30.2 Å². The fraction of sp³-hybridized carbons (Fsp3) is 0.652. The molecule has 0 atom stereocenters. The highest BCUT2D eigenvalue weighted by Crippen LogP contribution is 2.24. The highest BCUT2D eigenvalue weighted by atomic mass is 14.7. The lowest BCUT2D eigenvalue weighted by molar-refractivity contribution is 0.661. The Labute approximate surface area is 154 Å². The van der Waals surface area contributed by atoms with Crippen LogP contribution in [0.25, 0.3) is 0 Å². The molecule has 2 heterocycles. The Morgan fingerprint density at radius 2 is 1.08 bits per heavy atom. The van der Waals surface area contributed by atoms with Crippen molar-refractivity contribution in [1.29, 1.82) is 0 Å². The largest absolute Gasteiger partial charge is 0.364 e. The van der Waals surface area contributed by atoms with Gasteiger partial charge in [-0.1, -0.05) is 52.4 Å². The van der Waals surface area contributed by atoms with E-state index in [-0.39, 0.29) is 0 Å². The van der Waals surface area contributed by atoms with Gasteiger partial charge in [-0.15, -0.1) is 0 Å². The minimum atomic E-state index is 1.02. The van der Waals surface area contributed by atoms with Crippen molar-refractivity contribution in [3.05, 3.63) is 46.0 Å². The number of unbranched alkanes of at least 4 members (excludes halogenated alkanes) is 6. The number of aryl methyl sites for hydroxylation is 2. The molecule has 140 valence electrons. The van der Waals surface area contributed by atoms with Crippen molar-refractivity contribution in [2.24, 2.45) is 0 Å². The van der Waals surface area contributed by atoms with Gasteiger partial charge < -0.3 is 9.97 Å². The Balaban J connectivity index is 2.02. The molecule has 2 rings (SSSR count). The van der Waals surface area contributed by atoms with Gasteiger partial charge in [0.15, 0.2) is 0 Å². The molecule has 0 aromatic carbocycles. The number of nitrogens with one attached hydrogen (secondary N) is 2. The average Bonchev–Trinajstić information content (AvgIpc) is 3.13. The van der Waals surface area contributed by atoms with Gasteiger partial charge in [0.1, 0.15) is 0 Å². The van der Waals surface area contributed by atoms with Crippen molar-refractivity contribution >= 4 is 0 Å². The summed E-state index contributed by atoms with van der Waals surface area (Å²) in [5.41, 5.74) is 8.82. The Kier molecular flexibility index (Phi) is 8.37. The highest BCUT2D eigenvalue weighted by Gasteiger charge is 2.13. The number of aromatic amines is 2. The molecule has 0 saturated heterocycles. The molecule has 0 aliphatic carbocycles. The van der Waals surface area contributed by atoms with Crippen LogP contribution in [0, 0.1) is 13.8 Å². The Morgan fingerprint density at radius 1 is 0.640 bits per heavy atom. The monoisotopic (exact) mass is 342 g/mol. The molecular formula is C23H38N2. The van der Waals surface area contributed by atoms with Crippen LogP contribution in [0.15, 0.2) is 12.4 Å². The van der Waals surface area contributed by atoms with Crippen molar-refractivity contribution in [2.45, 2.75) is 98.3 Å². The molecule has 25 heavy (non-hydrogen) atoms. The summed E-state index contributed by atoms with van der Waals surface area (Å²) in [5, 5.41) is 0. The number of hydrogen-bond acceptors (Lipinski definition) is 0. The molecule has 0 fully saturated rings. The topological polar surface area (TPSA) is 31.6 Å². The summed E-state index contributed by atoms with van der Waals surface area (Å²) in [6.07, 6.45) is 18.5. The zero-order valence-corrected chi connectivity index (χ0v) is 16.9. The lowest BCUT2D eigenvalue weighted by Gasteiger charge is -2.09. The molecule has 2 aromatic rings. The van der Waals surface area contributed by atoms with Crippen molar-refractivity contribution in [1.82, 2.24) is 9.97 Å². The molecule has 0 aliphatic rings. The van der Waals surface area contributed by atoms with Gasteiger partial charge in [0.2, 0.25) is 0 Å². The minimum absolute atomic E-state index is 1.02. The van der Waals surface area contributed by atoms with Crippen LogP contribution in [0.3, 0.4) is 0 Å². The van der Waals surface area contributed by atoms with Gasteiger partial charge in [-0.2, -0.15) is 0 Å². The summed E-state index contributed by atoms with van der Waals surface area (Å²) in [7, 11) is 0. The van der Waals surface area contributed by atoms with Gasteiger partial charge >= 0.3 is 0 Å². The van der Waals surface area contributed by atoms with Crippen LogP contribution in [0.5, 0.6) is 0 Å². The van der Waals surface area contributed by atoms with E-state index in [0.717, 1.165) is 6.42 Å². The SMILES string of the molecule is CCCCCCc1c(C)c[nH]c1Cc1[nH]cc(C)c1CCCCCC. The normalized spacial score (nSPS) is 11.4. The summed E-state index contributed by atoms with van der Waals surface area (Å²) in [6, 6.07) is 0. The third kappa shape index (κ3) is 5.80. The molecule has 0 aliphatic heterocycles. The van der Waals surface area contributed by atoms with Crippen molar-refractivity contribution in [3.63, 3.8) is 0 Å². The number of aromatic nitrogens is 2. The fourth-order valence-electron chi connectivity index (χ4n) is 3.86. The van der Waals surface area contributed by atoms with Crippen LogP contribution in [0.1, 0.15) is 98.9 Å². The molecule has 2 N–H and O–H groups in total. The Morgan fingerprint density at radius 3 is 1.48 bits per heavy atom. The van der Waals surface area contributed by atoms with Crippen LogP contribution in [0.2, 0.25) is 0 Å². The maximum atomic E-state index is 3.56. The molecule has 0 spiro atoms. The average molecular weight is 343 g/mol. The zero-order valence-electron chi connectivity index (χ0n) is 16.9. The van der Waals surface area contributed by atoms with E-state index < -0.39 is 0 Å². The first-order valence-electron chi connectivity index (χ1n) is 10.5. The van der Waals surface area contributed by atoms with E-state index in [2.05, 4.69) is 50.1 Å². The lowest BCUT2D eigenvalue weighted by atomic mass is 9.98. The van der Waals surface area contributed by atoms with Gasteiger partial charge in [-0.3, -0.25) is 0 Å². The van der Waals surface area contributed by atoms with Gasteiger partial charge in [-0.25, -0.2) is 0 Å². The van der Waals surface area contributed by atoms with Crippen LogP contribution >= 0.6 is 0 Å². The molecule has 2 nitrogen and oxygen atoms in total. The van der Waals surface area contributed by atoms with Gasteiger partial charge in [0.05, 0.1) is 0 Å². The van der Waals surface area contributed by atoms with Crippen LogP contribution < -0.4 is 0 Å². The van der Waals surface area contributed by atoms with Gasteiger partial charge in [0.25, 0.3) is 0 Å². The summed E-state index contributed by atoms with van der Waals surface area (Å²) in [6.45, 7) is 9.06. The number of hydrogen-bond donors (Lipinski definition) is 2. The third-order valence-corrected chi connectivity index (χ3v) is 5.52. The molecular weight excluding hydrogens is 304 g/mol. The minimum Gasteiger partial charge on any atom is -0.364 e. The summed E-state index contributed by atoms with van der Waals surface area (Å²) in [4.78, 5) is 7.11. The smallest absolute Gasteiger partial charge is 0.0284 e. The predicted octanol–water partition coefficient (Wildman–Crippen LogP) is 6.80. The second-order valence-electron chi connectivity index (χ2n) is 7.66. The summed E-state index contributed by atoms with van der Waals surface area (Å²) in [5.74, 6) is 0. The first-order valence-corrected chi connectivity index (χ1v) is 10.5. The highest BCUT2D eigenvalue weighted by molar-refractivity contribution is 5.37. The van der Waals surface area contributed by atoms with E-state index >= 15 is 0 Å². The van der Waals surface area contributed by atoms with Gasteiger partial charge in [-0.05, 0) is 61.8 Å². The van der Waals surface area contributed by atoms with Crippen molar-refractivity contribution < 1.29 is 0 Å². The zero-order chi connectivity index (χ0) is 18.1. The van der Waals surface area contributed by atoms with E-state index in [4.69, 9.17) is 0 Å². The molecule has 0 unspecified atom stereocenters. The molecule has 0 radical (unpaired) electrons. The Hall–Kier alpha value is -1.44. The number of H-pyrrole nitrogens is 2. The van der Waals surface area contributed by atoms with Crippen LogP contribution in [0.4, 0.5) is 0 Å². The summed E-state index contributed by atoms with van der Waals surface area (Å²) >= 11 is 0. The lowest BCUT2D eigenvalue weighted by Crippen LogP contribution is -2.00. The maximum Gasteiger partial charge on any atom is 0.0284 e. The predicted molar refractivity (Wildman–Crippen MR) is 110 cm³/mol. The standard InChI is InChI=1S/C23H38N2/c1-5-7-9-11-13-20-18(3)16-24-22(20)15-23-21(19(4)17-25-23)14-12-10-8-6-2/h16-17,24-25H,5-15H2,1-4H3. The van der Waals surface area contributed by atoms with E-state index in [1.165, 1.54) is 86.7 Å². The van der Waals surface area contributed by atoms with Crippen LogP contribution in [-0.4, -0.2) is 9.97 Å². The second kappa shape index (κ2) is 10.5. The van der Waals surface area contributed by atoms with E-state index in [1.807, 2.05) is 0 Å². The first-order chi connectivity index (χ1) is 12.2. The Bertz CT molecular complexity index is 564. The van der Waals surface area contributed by atoms with Crippen molar-refractivity contribution in [2.75, 3.05) is 0 Å². The molecule has 0 saturated carbocycles. The maximum absolute atomic E-state index is 3.56. The molecule has 2 aromatic heterocycles. The third-order valence-electron chi connectivity index (χ3n) is 5.52. The quantitative estimate of drug-likeness (QED) is 0.398. The number of rotatable bonds is 12. The summed E-state index contributed by atoms with van der Waals surface area (Å²) < 4.78 is 0. The fourth-order valence-corrected chi connectivity index (χ4v) is 3.86.